The molecule has 1 heterocycles. The van der Waals surface area contributed by atoms with Gasteiger partial charge in [0.05, 0.1) is 11.0 Å². The summed E-state index contributed by atoms with van der Waals surface area (Å²) in [4.78, 5) is 2.44. The van der Waals surface area contributed by atoms with E-state index in [-0.39, 0.29) is 0 Å². The molecule has 3 unspecified atom stereocenters. The third-order valence-corrected chi connectivity index (χ3v) is 14.8. The van der Waals surface area contributed by atoms with Crippen LogP contribution in [0, 0.1) is 23.7 Å². The molecule has 60 heavy (non-hydrogen) atoms. The number of fused-ring (bicyclic) bond motifs is 7. The molecule has 1 aromatic heterocycles. The van der Waals surface area contributed by atoms with Gasteiger partial charge in [-0.3, -0.25) is 0 Å². The van der Waals surface area contributed by atoms with Crippen LogP contribution in [-0.4, -0.2) is 4.57 Å². The van der Waals surface area contributed by atoms with Gasteiger partial charge in [-0.05, 0) is 167 Å². The maximum absolute atomic E-state index is 2.52. The normalized spacial score (nSPS) is 22.1. The van der Waals surface area contributed by atoms with Crippen molar-refractivity contribution in [3.63, 3.8) is 0 Å². The first-order valence-corrected chi connectivity index (χ1v) is 22.2. The maximum Gasteiger partial charge on any atom is 0.0547 e. The molecular formula is C58H50N2. The number of para-hydroxylation sites is 1. The number of hydrogen-bond acceptors (Lipinski definition) is 1. The second-order valence-electron chi connectivity index (χ2n) is 18.5. The van der Waals surface area contributed by atoms with E-state index in [1.54, 1.807) is 5.56 Å². The summed E-state index contributed by atoms with van der Waals surface area (Å²) in [6, 6.07) is 70.0. The van der Waals surface area contributed by atoms with Crippen molar-refractivity contribution in [2.45, 2.75) is 50.9 Å². The van der Waals surface area contributed by atoms with Gasteiger partial charge >= 0.3 is 0 Å². The molecule has 2 nitrogen and oxygen atoms in total. The Bertz CT molecular complexity index is 2990. The molecule has 5 atom stereocenters. The van der Waals surface area contributed by atoms with Gasteiger partial charge in [0.1, 0.15) is 0 Å². The lowest BCUT2D eigenvalue weighted by Crippen LogP contribution is -2.29. The number of rotatable bonds is 7. The van der Waals surface area contributed by atoms with Gasteiger partial charge < -0.3 is 9.47 Å². The molecule has 0 radical (unpaired) electrons. The smallest absolute Gasteiger partial charge is 0.0547 e. The zero-order valence-corrected chi connectivity index (χ0v) is 34.3. The van der Waals surface area contributed by atoms with Crippen LogP contribution in [0.15, 0.2) is 188 Å². The first kappa shape index (κ1) is 35.6. The van der Waals surface area contributed by atoms with Gasteiger partial charge in [-0.15, -0.1) is 0 Å². The van der Waals surface area contributed by atoms with E-state index in [4.69, 9.17) is 0 Å². The van der Waals surface area contributed by atoms with E-state index >= 15 is 0 Å². The van der Waals surface area contributed by atoms with Crippen molar-refractivity contribution >= 4 is 49.6 Å². The molecule has 4 bridgehead atoms. The largest absolute Gasteiger partial charge is 0.311 e. The minimum absolute atomic E-state index is 0.337. The fourth-order valence-corrected chi connectivity index (χ4v) is 12.4. The minimum Gasteiger partial charge on any atom is -0.311 e. The molecule has 0 amide bonds. The fourth-order valence-electron chi connectivity index (χ4n) is 12.4. The highest BCUT2D eigenvalue weighted by Crippen LogP contribution is 2.61. The van der Waals surface area contributed by atoms with E-state index in [1.165, 1.54) is 105 Å². The molecule has 4 fully saturated rings. The number of anilines is 3. The Hall–Kier alpha value is -6.38. The standard InChI is InChI=1S/C58H50N2/c1-39-32-40-33-46-37-58(36-39,38-47(46)34-40)48-23-29-51(30-24-48)59(49-25-18-42(19-26-49)41-10-3-2-4-11-41)50-27-20-43(21-28-50)45-13-9-14-52(35-45)60-55-17-8-7-16-54(55)57-53-15-6-5-12-44(53)22-31-56(57)60/h2-31,35,39-40,46-47H,32-34,36-38H2,1H3/t39-,40?,46-,47?,58?/m0/s1. The topological polar surface area (TPSA) is 8.17 Å². The summed E-state index contributed by atoms with van der Waals surface area (Å²) in [6.07, 6.45) is 8.49. The summed E-state index contributed by atoms with van der Waals surface area (Å²) >= 11 is 0. The van der Waals surface area contributed by atoms with Crippen LogP contribution in [0.1, 0.15) is 51.0 Å². The van der Waals surface area contributed by atoms with Crippen molar-refractivity contribution < 1.29 is 0 Å². The van der Waals surface area contributed by atoms with Crippen LogP contribution in [0.5, 0.6) is 0 Å². The Balaban J connectivity index is 0.912. The number of aromatic nitrogens is 1. The van der Waals surface area contributed by atoms with Crippen molar-refractivity contribution in [3.05, 3.63) is 194 Å². The van der Waals surface area contributed by atoms with Crippen LogP contribution in [0.3, 0.4) is 0 Å². The van der Waals surface area contributed by atoms with Gasteiger partial charge in [0.15, 0.2) is 0 Å². The lowest BCUT2D eigenvalue weighted by Gasteiger charge is -2.38. The van der Waals surface area contributed by atoms with E-state index in [0.29, 0.717) is 5.41 Å². The Labute approximate surface area is 353 Å². The van der Waals surface area contributed by atoms with Gasteiger partial charge in [0, 0.05) is 33.5 Å². The summed E-state index contributed by atoms with van der Waals surface area (Å²) in [5.74, 6) is 3.65. The van der Waals surface area contributed by atoms with E-state index < -0.39 is 0 Å². The molecule has 13 rings (SSSR count). The molecule has 4 aliphatic rings. The van der Waals surface area contributed by atoms with Gasteiger partial charge in [-0.2, -0.15) is 0 Å². The zero-order chi connectivity index (χ0) is 39.8. The highest BCUT2D eigenvalue weighted by Gasteiger charge is 2.52. The highest BCUT2D eigenvalue weighted by molar-refractivity contribution is 6.21. The Kier molecular flexibility index (Phi) is 8.37. The molecule has 4 aliphatic carbocycles. The van der Waals surface area contributed by atoms with Crippen molar-refractivity contribution in [1.82, 2.24) is 4.57 Å². The van der Waals surface area contributed by atoms with Crippen LogP contribution in [-0.2, 0) is 5.41 Å². The molecule has 9 aromatic rings. The molecular weight excluding hydrogens is 725 g/mol. The molecule has 2 heteroatoms. The van der Waals surface area contributed by atoms with Crippen LogP contribution < -0.4 is 4.90 Å². The predicted molar refractivity (Wildman–Crippen MR) is 253 cm³/mol. The lowest BCUT2D eigenvalue weighted by atomic mass is 9.67. The van der Waals surface area contributed by atoms with Crippen molar-refractivity contribution in [1.29, 1.82) is 0 Å². The second kappa shape index (κ2) is 14.1. The summed E-state index contributed by atoms with van der Waals surface area (Å²) in [5.41, 5.74) is 13.9. The van der Waals surface area contributed by atoms with E-state index in [1.807, 2.05) is 0 Å². The fraction of sp³-hybridized carbons (Fsp3) is 0.207. The average molecular weight is 775 g/mol. The Morgan fingerprint density at radius 2 is 1.05 bits per heavy atom. The molecule has 4 saturated carbocycles. The van der Waals surface area contributed by atoms with Crippen molar-refractivity contribution in [3.8, 4) is 27.9 Å². The van der Waals surface area contributed by atoms with Crippen LogP contribution in [0.2, 0.25) is 0 Å². The van der Waals surface area contributed by atoms with Gasteiger partial charge in [0.25, 0.3) is 0 Å². The van der Waals surface area contributed by atoms with Gasteiger partial charge in [0.2, 0.25) is 0 Å². The minimum atomic E-state index is 0.337. The monoisotopic (exact) mass is 774 g/mol. The van der Waals surface area contributed by atoms with Crippen LogP contribution in [0.25, 0.3) is 60.5 Å². The zero-order valence-electron chi connectivity index (χ0n) is 34.3. The first-order chi connectivity index (χ1) is 29.6. The van der Waals surface area contributed by atoms with Crippen molar-refractivity contribution in [2.24, 2.45) is 23.7 Å². The second-order valence-corrected chi connectivity index (χ2v) is 18.5. The summed E-state index contributed by atoms with van der Waals surface area (Å²) in [5, 5.41) is 5.16. The molecule has 8 aromatic carbocycles. The van der Waals surface area contributed by atoms with Crippen LogP contribution in [0.4, 0.5) is 17.1 Å². The lowest BCUT2D eigenvalue weighted by molar-refractivity contribution is 0.229. The van der Waals surface area contributed by atoms with Gasteiger partial charge in [-0.25, -0.2) is 0 Å². The first-order valence-electron chi connectivity index (χ1n) is 22.2. The molecule has 0 spiro atoms. The van der Waals surface area contributed by atoms with Gasteiger partial charge in [-0.1, -0.05) is 134 Å². The number of hydrogen-bond donors (Lipinski definition) is 0. The third kappa shape index (κ3) is 5.91. The molecule has 292 valence electrons. The van der Waals surface area contributed by atoms with E-state index in [2.05, 4.69) is 204 Å². The number of benzene rings is 8. The van der Waals surface area contributed by atoms with E-state index in [9.17, 15) is 0 Å². The van der Waals surface area contributed by atoms with E-state index in [0.717, 1.165) is 35.0 Å². The molecule has 0 N–H and O–H groups in total. The predicted octanol–water partition coefficient (Wildman–Crippen LogP) is 15.8. The SMILES string of the molecule is C[C@H]1CC2CC3CC(c4ccc(N(c5ccc(-c6ccccc6)cc5)c5ccc(-c6cccc(-n7c8ccccc8c8c9ccccc9ccc87)c6)cc5)cc4)(C1)C[C@@H]3C2. The third-order valence-electron chi connectivity index (χ3n) is 14.8. The van der Waals surface area contributed by atoms with Crippen LogP contribution >= 0.6 is 0 Å². The quantitative estimate of drug-likeness (QED) is 0.157. The molecule has 0 saturated heterocycles. The summed E-state index contributed by atoms with van der Waals surface area (Å²) in [6.45, 7) is 2.52. The average Bonchev–Trinajstić information content (AvgIpc) is 3.96. The Morgan fingerprint density at radius 3 is 1.77 bits per heavy atom. The molecule has 0 aliphatic heterocycles. The highest BCUT2D eigenvalue weighted by atomic mass is 15.1. The summed E-state index contributed by atoms with van der Waals surface area (Å²) in [7, 11) is 0. The maximum atomic E-state index is 2.52. The van der Waals surface area contributed by atoms with Crippen molar-refractivity contribution in [2.75, 3.05) is 4.90 Å². The summed E-state index contributed by atoms with van der Waals surface area (Å²) < 4.78 is 2.44. The Morgan fingerprint density at radius 1 is 0.467 bits per heavy atom. The number of nitrogens with zero attached hydrogens (tertiary/aromatic N) is 2.